The van der Waals surface area contributed by atoms with E-state index in [4.69, 9.17) is 0 Å². The highest BCUT2D eigenvalue weighted by atomic mass is 19.1. The molecule has 0 fully saturated rings. The molecule has 3 N–H and O–H groups in total. The second-order valence-corrected chi connectivity index (χ2v) is 4.57. The summed E-state index contributed by atoms with van der Waals surface area (Å²) in [6.07, 6.45) is 1.60. The maximum Gasteiger partial charge on any atom is 0.319 e. The summed E-state index contributed by atoms with van der Waals surface area (Å²) in [5, 5.41) is 5.44. The molecule has 0 aliphatic heterocycles. The van der Waals surface area contributed by atoms with Gasteiger partial charge < -0.3 is 15.6 Å². The standard InChI is InChI=1S/C15H13FN4O/c16-11-3-1-10(2-4-11)8-17-15(21)20-12-5-6-13-14(7-12)19-9-18-13/h1-7,9H,8H2,(H,18,19)(H2,17,20,21). The van der Waals surface area contributed by atoms with Crippen LogP contribution in [0.25, 0.3) is 11.0 Å². The molecular formula is C15H13FN4O. The molecule has 3 aromatic rings. The summed E-state index contributed by atoms with van der Waals surface area (Å²) in [4.78, 5) is 18.9. The van der Waals surface area contributed by atoms with Crippen LogP contribution >= 0.6 is 0 Å². The number of fused-ring (bicyclic) bond motifs is 1. The number of nitrogens with zero attached hydrogens (tertiary/aromatic N) is 1. The van der Waals surface area contributed by atoms with Gasteiger partial charge in [0.25, 0.3) is 0 Å². The van der Waals surface area contributed by atoms with Crippen LogP contribution in [0.4, 0.5) is 14.9 Å². The Labute approximate surface area is 120 Å². The molecule has 0 radical (unpaired) electrons. The molecular weight excluding hydrogens is 271 g/mol. The van der Waals surface area contributed by atoms with Crippen molar-refractivity contribution in [1.82, 2.24) is 15.3 Å². The minimum absolute atomic E-state index is 0.295. The first kappa shape index (κ1) is 13.1. The summed E-state index contributed by atoms with van der Waals surface area (Å²) in [6, 6.07) is 11.1. The van der Waals surface area contributed by atoms with Crippen molar-refractivity contribution < 1.29 is 9.18 Å². The summed E-state index contributed by atoms with van der Waals surface area (Å²) in [5.41, 5.74) is 3.19. The maximum absolute atomic E-state index is 12.8. The Morgan fingerprint density at radius 3 is 2.81 bits per heavy atom. The molecule has 0 bridgehead atoms. The number of anilines is 1. The Bertz CT molecular complexity index is 767. The van der Waals surface area contributed by atoms with E-state index < -0.39 is 0 Å². The quantitative estimate of drug-likeness (QED) is 0.692. The number of hydrogen-bond acceptors (Lipinski definition) is 2. The van der Waals surface area contributed by atoms with Crippen molar-refractivity contribution in [3.05, 3.63) is 60.2 Å². The lowest BCUT2D eigenvalue weighted by Gasteiger charge is -2.07. The molecule has 0 unspecified atom stereocenters. The van der Waals surface area contributed by atoms with Gasteiger partial charge in [-0.05, 0) is 35.9 Å². The molecule has 6 heteroatoms. The van der Waals surface area contributed by atoms with Crippen molar-refractivity contribution in [1.29, 1.82) is 0 Å². The van der Waals surface area contributed by atoms with E-state index in [0.717, 1.165) is 16.6 Å². The number of nitrogens with one attached hydrogen (secondary N) is 3. The predicted molar refractivity (Wildman–Crippen MR) is 78.4 cm³/mol. The van der Waals surface area contributed by atoms with Gasteiger partial charge in [-0.25, -0.2) is 14.2 Å². The number of rotatable bonds is 3. The monoisotopic (exact) mass is 284 g/mol. The summed E-state index contributed by atoms with van der Waals surface area (Å²) in [5.74, 6) is -0.295. The molecule has 1 heterocycles. The number of H-pyrrole nitrogens is 1. The zero-order valence-electron chi connectivity index (χ0n) is 11.1. The molecule has 0 atom stereocenters. The molecule has 106 valence electrons. The lowest BCUT2D eigenvalue weighted by atomic mass is 10.2. The molecule has 0 aliphatic rings. The highest BCUT2D eigenvalue weighted by Gasteiger charge is 2.03. The molecule has 2 aromatic carbocycles. The van der Waals surface area contributed by atoms with Gasteiger partial charge in [0.05, 0.1) is 17.4 Å². The SMILES string of the molecule is O=C(NCc1ccc(F)cc1)Nc1ccc2nc[nH]c2c1. The van der Waals surface area contributed by atoms with Crippen molar-refractivity contribution in [3.63, 3.8) is 0 Å². The van der Waals surface area contributed by atoms with Crippen LogP contribution in [0.1, 0.15) is 5.56 Å². The Morgan fingerprint density at radius 1 is 1.19 bits per heavy atom. The summed E-state index contributed by atoms with van der Waals surface area (Å²) >= 11 is 0. The van der Waals surface area contributed by atoms with Crippen molar-refractivity contribution in [2.75, 3.05) is 5.32 Å². The number of urea groups is 1. The number of aromatic nitrogens is 2. The third-order valence-corrected chi connectivity index (χ3v) is 3.04. The second-order valence-electron chi connectivity index (χ2n) is 4.57. The zero-order chi connectivity index (χ0) is 14.7. The third kappa shape index (κ3) is 3.17. The van der Waals surface area contributed by atoms with Crippen LogP contribution < -0.4 is 10.6 Å². The molecule has 1 aromatic heterocycles. The van der Waals surface area contributed by atoms with Gasteiger partial charge in [0.15, 0.2) is 0 Å². The Kier molecular flexibility index (Phi) is 3.51. The summed E-state index contributed by atoms with van der Waals surface area (Å²) in [6.45, 7) is 0.332. The van der Waals surface area contributed by atoms with E-state index in [1.165, 1.54) is 12.1 Å². The first-order valence-corrected chi connectivity index (χ1v) is 6.43. The van der Waals surface area contributed by atoms with E-state index >= 15 is 0 Å². The lowest BCUT2D eigenvalue weighted by Crippen LogP contribution is -2.28. The number of halogens is 1. The molecule has 0 aliphatic carbocycles. The van der Waals surface area contributed by atoms with E-state index in [9.17, 15) is 9.18 Å². The molecule has 0 saturated carbocycles. The number of carbonyl (C=O) groups excluding carboxylic acids is 1. The first-order valence-electron chi connectivity index (χ1n) is 6.43. The van der Waals surface area contributed by atoms with Crippen molar-refractivity contribution in [2.24, 2.45) is 0 Å². The van der Waals surface area contributed by atoms with E-state index in [-0.39, 0.29) is 11.8 Å². The molecule has 5 nitrogen and oxygen atoms in total. The number of aromatic amines is 1. The topological polar surface area (TPSA) is 69.8 Å². The normalized spacial score (nSPS) is 10.5. The molecule has 0 saturated heterocycles. The van der Waals surface area contributed by atoms with Gasteiger partial charge in [0.2, 0.25) is 0 Å². The lowest BCUT2D eigenvalue weighted by molar-refractivity contribution is 0.251. The van der Waals surface area contributed by atoms with Crippen molar-refractivity contribution in [3.8, 4) is 0 Å². The number of amides is 2. The van der Waals surface area contributed by atoms with Gasteiger partial charge in [0, 0.05) is 12.2 Å². The van der Waals surface area contributed by atoms with Crippen LogP contribution in [-0.4, -0.2) is 16.0 Å². The van der Waals surface area contributed by atoms with Gasteiger partial charge in [0.1, 0.15) is 5.82 Å². The zero-order valence-corrected chi connectivity index (χ0v) is 11.1. The van der Waals surface area contributed by atoms with Gasteiger partial charge in [-0.2, -0.15) is 0 Å². The molecule has 3 rings (SSSR count). The first-order chi connectivity index (χ1) is 10.2. The average molecular weight is 284 g/mol. The van der Waals surface area contributed by atoms with Crippen LogP contribution in [0, 0.1) is 5.82 Å². The molecule has 21 heavy (non-hydrogen) atoms. The van der Waals surface area contributed by atoms with Gasteiger partial charge in [-0.3, -0.25) is 0 Å². The maximum atomic E-state index is 12.8. The Balaban J connectivity index is 1.59. The highest BCUT2D eigenvalue weighted by molar-refractivity contribution is 5.91. The number of hydrogen-bond donors (Lipinski definition) is 3. The van der Waals surface area contributed by atoms with Gasteiger partial charge >= 0.3 is 6.03 Å². The summed E-state index contributed by atoms with van der Waals surface area (Å²) in [7, 11) is 0. The van der Waals surface area contributed by atoms with E-state index in [2.05, 4.69) is 20.6 Å². The fourth-order valence-electron chi connectivity index (χ4n) is 1.97. The molecule has 0 spiro atoms. The third-order valence-electron chi connectivity index (χ3n) is 3.04. The largest absolute Gasteiger partial charge is 0.345 e. The fourth-order valence-corrected chi connectivity index (χ4v) is 1.97. The van der Waals surface area contributed by atoms with Crippen molar-refractivity contribution >= 4 is 22.8 Å². The van der Waals surface area contributed by atoms with Gasteiger partial charge in [-0.1, -0.05) is 12.1 Å². The van der Waals surface area contributed by atoms with Crippen LogP contribution in [0.5, 0.6) is 0 Å². The second kappa shape index (κ2) is 5.62. The minimum Gasteiger partial charge on any atom is -0.345 e. The highest BCUT2D eigenvalue weighted by Crippen LogP contribution is 2.15. The van der Waals surface area contributed by atoms with E-state index in [1.54, 1.807) is 30.6 Å². The Hall–Kier alpha value is -2.89. The Morgan fingerprint density at radius 2 is 2.00 bits per heavy atom. The van der Waals surface area contributed by atoms with Crippen LogP contribution in [-0.2, 0) is 6.54 Å². The summed E-state index contributed by atoms with van der Waals surface area (Å²) < 4.78 is 12.8. The predicted octanol–water partition coefficient (Wildman–Crippen LogP) is 3.02. The van der Waals surface area contributed by atoms with Gasteiger partial charge in [-0.15, -0.1) is 0 Å². The minimum atomic E-state index is -0.321. The number of benzene rings is 2. The van der Waals surface area contributed by atoms with E-state index in [0.29, 0.717) is 12.2 Å². The number of imidazole rings is 1. The average Bonchev–Trinajstić information content (AvgIpc) is 2.94. The smallest absolute Gasteiger partial charge is 0.319 e. The van der Waals surface area contributed by atoms with Crippen LogP contribution in [0.3, 0.4) is 0 Å². The van der Waals surface area contributed by atoms with Crippen LogP contribution in [0.15, 0.2) is 48.8 Å². The fraction of sp³-hybridized carbons (Fsp3) is 0.0667. The molecule has 2 amide bonds. The number of carbonyl (C=O) groups is 1. The van der Waals surface area contributed by atoms with Crippen LogP contribution in [0.2, 0.25) is 0 Å². The van der Waals surface area contributed by atoms with Crippen molar-refractivity contribution in [2.45, 2.75) is 6.54 Å². The van der Waals surface area contributed by atoms with E-state index in [1.807, 2.05) is 6.07 Å².